The average Bonchev–Trinajstić information content (AvgIpc) is 2.50. The molecule has 0 saturated carbocycles. The summed E-state index contributed by atoms with van der Waals surface area (Å²) < 4.78 is 1.98. The quantitative estimate of drug-likeness (QED) is 0.634. The van der Waals surface area contributed by atoms with Crippen LogP contribution in [0, 0.1) is 4.91 Å². The lowest BCUT2D eigenvalue weighted by Gasteiger charge is -2.22. The van der Waals surface area contributed by atoms with E-state index >= 15 is 0 Å². The van der Waals surface area contributed by atoms with E-state index in [9.17, 15) is 9.70 Å². The Hall–Kier alpha value is -2.76. The molecule has 6 heteroatoms. The lowest BCUT2D eigenvalue weighted by Crippen LogP contribution is -2.35. The number of nitrogens with two attached hydrogens (primary N) is 1. The molecule has 0 spiro atoms. The molecule has 1 aromatic heterocycles. The van der Waals surface area contributed by atoms with Crippen LogP contribution in [-0.4, -0.2) is 17.4 Å². The summed E-state index contributed by atoms with van der Waals surface area (Å²) in [5.74, 6) is -0.427. The third-order valence-corrected chi connectivity index (χ3v) is 3.15. The summed E-state index contributed by atoms with van der Waals surface area (Å²) in [4.78, 5) is 23.3. The fraction of sp³-hybridized carbons (Fsp3) is 0.200. The molecule has 0 saturated heterocycles. The van der Waals surface area contributed by atoms with E-state index in [1.165, 1.54) is 6.20 Å². The van der Waals surface area contributed by atoms with Gasteiger partial charge in [-0.2, -0.15) is 0 Å². The van der Waals surface area contributed by atoms with E-state index in [4.69, 9.17) is 5.73 Å². The van der Waals surface area contributed by atoms with Gasteiger partial charge < -0.3 is 10.6 Å². The van der Waals surface area contributed by atoms with Gasteiger partial charge in [-0.1, -0.05) is 6.08 Å². The SMILES string of the molecule is NC(=O)c1cc[n+](CCCN2C=CC=CC2=CN=O)cc1. The van der Waals surface area contributed by atoms with Gasteiger partial charge in [0.15, 0.2) is 12.4 Å². The second-order valence-electron chi connectivity index (χ2n) is 4.60. The van der Waals surface area contributed by atoms with Crippen molar-refractivity contribution in [3.63, 3.8) is 0 Å². The molecule has 2 heterocycles. The Bertz CT molecular complexity index is 603. The third kappa shape index (κ3) is 4.10. The topological polar surface area (TPSA) is 79.6 Å². The van der Waals surface area contributed by atoms with Gasteiger partial charge in [-0.05, 0) is 17.3 Å². The zero-order valence-electron chi connectivity index (χ0n) is 11.6. The lowest BCUT2D eigenvalue weighted by atomic mass is 10.2. The van der Waals surface area contributed by atoms with Crippen LogP contribution in [-0.2, 0) is 6.54 Å². The molecule has 6 nitrogen and oxygen atoms in total. The number of carbonyl (C=O) groups is 1. The number of aromatic nitrogens is 1. The number of aryl methyl sites for hydroxylation is 1. The molecule has 2 N–H and O–H groups in total. The number of amides is 1. The fourth-order valence-electron chi connectivity index (χ4n) is 2.06. The first kappa shape index (κ1) is 14.6. The van der Waals surface area contributed by atoms with Crippen molar-refractivity contribution in [3.05, 3.63) is 71.3 Å². The third-order valence-electron chi connectivity index (χ3n) is 3.15. The number of hydrogen-bond acceptors (Lipinski definition) is 4. The van der Waals surface area contributed by atoms with Crippen molar-refractivity contribution >= 4 is 5.91 Å². The Morgan fingerprint density at radius 2 is 2.10 bits per heavy atom. The van der Waals surface area contributed by atoms with Gasteiger partial charge >= 0.3 is 0 Å². The Labute approximate surface area is 122 Å². The number of nitroso groups, excluding NO2 is 1. The summed E-state index contributed by atoms with van der Waals surface area (Å²) in [6.07, 6.45) is 13.4. The minimum atomic E-state index is -0.427. The molecular formula is C15H17N4O2+. The molecule has 1 aromatic rings. The molecule has 0 aromatic carbocycles. The van der Waals surface area contributed by atoms with Crippen LogP contribution in [0.5, 0.6) is 0 Å². The fourth-order valence-corrected chi connectivity index (χ4v) is 2.06. The smallest absolute Gasteiger partial charge is 0.249 e. The maximum Gasteiger partial charge on any atom is 0.249 e. The first-order valence-electron chi connectivity index (χ1n) is 6.64. The molecule has 0 unspecified atom stereocenters. The van der Waals surface area contributed by atoms with Crippen LogP contribution in [0.4, 0.5) is 0 Å². The molecule has 0 radical (unpaired) electrons. The van der Waals surface area contributed by atoms with Crippen LogP contribution >= 0.6 is 0 Å². The highest BCUT2D eigenvalue weighted by molar-refractivity contribution is 5.92. The van der Waals surface area contributed by atoms with Gasteiger partial charge in [0.05, 0.1) is 17.5 Å². The van der Waals surface area contributed by atoms with Crippen LogP contribution in [0.3, 0.4) is 0 Å². The van der Waals surface area contributed by atoms with E-state index in [-0.39, 0.29) is 0 Å². The molecule has 2 rings (SSSR count). The summed E-state index contributed by atoms with van der Waals surface area (Å²) in [6, 6.07) is 3.40. The maximum absolute atomic E-state index is 11.0. The first-order chi connectivity index (χ1) is 10.2. The van der Waals surface area contributed by atoms with E-state index in [1.54, 1.807) is 12.1 Å². The van der Waals surface area contributed by atoms with Crippen molar-refractivity contribution < 1.29 is 9.36 Å². The molecule has 0 bridgehead atoms. The highest BCUT2D eigenvalue weighted by Gasteiger charge is 2.09. The van der Waals surface area contributed by atoms with Gasteiger partial charge in [-0.25, -0.2) is 4.57 Å². The standard InChI is InChI=1S/C15H16N4O2/c16-15(20)13-5-10-18(11-6-13)7-3-9-19-8-2-1-4-14(19)12-17-21/h1-2,4-6,8,10-12H,3,7,9H2,(H-,16,20)/p+1. The normalized spacial score (nSPS) is 15.4. The Morgan fingerprint density at radius 1 is 1.33 bits per heavy atom. The van der Waals surface area contributed by atoms with Crippen molar-refractivity contribution in [1.29, 1.82) is 0 Å². The predicted octanol–water partition coefficient (Wildman–Crippen LogP) is 1.46. The van der Waals surface area contributed by atoms with E-state index in [1.807, 2.05) is 46.3 Å². The van der Waals surface area contributed by atoms with Gasteiger partial charge in [-0.3, -0.25) is 4.79 Å². The van der Waals surface area contributed by atoms with Gasteiger partial charge in [0.25, 0.3) is 0 Å². The monoisotopic (exact) mass is 285 g/mol. The largest absolute Gasteiger partial charge is 0.366 e. The minimum absolute atomic E-state index is 0.427. The van der Waals surface area contributed by atoms with Crippen LogP contribution in [0.15, 0.2) is 66.0 Å². The molecule has 0 aliphatic carbocycles. The zero-order valence-corrected chi connectivity index (χ0v) is 11.6. The molecule has 108 valence electrons. The highest BCUT2D eigenvalue weighted by Crippen LogP contribution is 2.12. The van der Waals surface area contributed by atoms with Crippen molar-refractivity contribution in [1.82, 2.24) is 4.90 Å². The first-order valence-corrected chi connectivity index (χ1v) is 6.64. The number of pyridine rings is 1. The lowest BCUT2D eigenvalue weighted by molar-refractivity contribution is -0.697. The molecule has 0 fully saturated rings. The molecule has 1 amide bonds. The van der Waals surface area contributed by atoms with E-state index < -0.39 is 5.91 Å². The Morgan fingerprint density at radius 3 is 2.76 bits per heavy atom. The number of carbonyl (C=O) groups excluding carboxylic acids is 1. The summed E-state index contributed by atoms with van der Waals surface area (Å²) in [5, 5.41) is 2.81. The summed E-state index contributed by atoms with van der Waals surface area (Å²) in [5.41, 5.74) is 6.47. The number of primary amides is 1. The maximum atomic E-state index is 11.0. The molecular weight excluding hydrogens is 268 g/mol. The summed E-state index contributed by atoms with van der Waals surface area (Å²) in [6.45, 7) is 1.57. The summed E-state index contributed by atoms with van der Waals surface area (Å²) >= 11 is 0. The van der Waals surface area contributed by atoms with Crippen molar-refractivity contribution in [3.8, 4) is 0 Å². The van der Waals surface area contributed by atoms with Gasteiger partial charge in [0.2, 0.25) is 5.91 Å². The second kappa shape index (κ2) is 7.14. The molecule has 1 aliphatic heterocycles. The zero-order chi connectivity index (χ0) is 15.1. The summed E-state index contributed by atoms with van der Waals surface area (Å²) in [7, 11) is 0. The van der Waals surface area contributed by atoms with Crippen LogP contribution in [0.1, 0.15) is 16.8 Å². The molecule has 0 atom stereocenters. The van der Waals surface area contributed by atoms with Gasteiger partial charge in [0.1, 0.15) is 6.54 Å². The van der Waals surface area contributed by atoms with Gasteiger partial charge in [0, 0.05) is 31.3 Å². The Kier molecular flexibility index (Phi) is 4.98. The number of hydrogen-bond donors (Lipinski definition) is 1. The van der Waals surface area contributed by atoms with E-state index in [0.29, 0.717) is 5.56 Å². The number of rotatable bonds is 6. The van der Waals surface area contributed by atoms with E-state index in [0.717, 1.165) is 25.2 Å². The number of allylic oxidation sites excluding steroid dienone is 3. The second-order valence-corrected chi connectivity index (χ2v) is 4.60. The van der Waals surface area contributed by atoms with Crippen molar-refractivity contribution in [2.75, 3.05) is 6.54 Å². The van der Waals surface area contributed by atoms with Crippen LogP contribution < -0.4 is 10.3 Å². The molecule has 21 heavy (non-hydrogen) atoms. The molecule has 1 aliphatic rings. The van der Waals surface area contributed by atoms with Crippen LogP contribution in [0.2, 0.25) is 0 Å². The minimum Gasteiger partial charge on any atom is -0.366 e. The average molecular weight is 285 g/mol. The van der Waals surface area contributed by atoms with E-state index in [2.05, 4.69) is 5.18 Å². The van der Waals surface area contributed by atoms with Crippen molar-refractivity contribution in [2.24, 2.45) is 10.9 Å². The highest BCUT2D eigenvalue weighted by atomic mass is 16.2. The van der Waals surface area contributed by atoms with Gasteiger partial charge in [-0.15, -0.1) is 4.91 Å². The van der Waals surface area contributed by atoms with Crippen LogP contribution in [0.25, 0.3) is 0 Å². The Balaban J connectivity index is 1.87. The predicted molar refractivity (Wildman–Crippen MR) is 78.6 cm³/mol. The number of nitrogens with zero attached hydrogens (tertiary/aromatic N) is 3. The van der Waals surface area contributed by atoms with Crippen molar-refractivity contribution in [2.45, 2.75) is 13.0 Å².